The van der Waals surface area contributed by atoms with Crippen molar-refractivity contribution in [3.63, 3.8) is 0 Å². The molecule has 90 valence electrons. The third-order valence-electron chi connectivity index (χ3n) is 2.55. The Morgan fingerprint density at radius 2 is 1.61 bits per heavy atom. The van der Waals surface area contributed by atoms with Crippen LogP contribution in [0, 0.1) is 17.5 Å². The molecule has 3 rings (SSSR count). The van der Waals surface area contributed by atoms with Gasteiger partial charge in [0, 0.05) is 11.5 Å². The summed E-state index contributed by atoms with van der Waals surface area (Å²) < 4.78 is 50.0. The molecule has 18 heavy (non-hydrogen) atoms. The number of para-hydroxylation sites is 1. The van der Waals surface area contributed by atoms with Crippen LogP contribution in [0.25, 0.3) is 0 Å². The molecule has 2 nitrogen and oxygen atoms in total. The van der Waals surface area contributed by atoms with Gasteiger partial charge in [0.05, 0.1) is 0 Å². The van der Waals surface area contributed by atoms with Gasteiger partial charge in [-0.05, 0) is 24.3 Å². The standard InChI is InChI=1S/C12H6BF3O2/c14-8-4-7(5-9(15)6-8)13-17-11-3-1-2-10(16)12(11)18-13/h1-6H. The maximum atomic E-state index is 13.4. The highest BCUT2D eigenvalue weighted by atomic mass is 19.1. The Labute approximate surface area is 101 Å². The monoisotopic (exact) mass is 250 g/mol. The molecule has 0 bridgehead atoms. The third-order valence-corrected chi connectivity index (χ3v) is 2.55. The molecule has 0 fully saturated rings. The molecule has 1 heterocycles. The first-order chi connectivity index (χ1) is 8.63. The van der Waals surface area contributed by atoms with Crippen molar-refractivity contribution >= 4 is 12.6 Å². The molecule has 2 aromatic rings. The van der Waals surface area contributed by atoms with E-state index in [1.807, 2.05) is 0 Å². The van der Waals surface area contributed by atoms with Gasteiger partial charge in [-0.1, -0.05) is 6.07 Å². The number of hydrogen-bond donors (Lipinski definition) is 0. The van der Waals surface area contributed by atoms with Crippen molar-refractivity contribution in [3.8, 4) is 11.5 Å². The lowest BCUT2D eigenvalue weighted by atomic mass is 9.79. The van der Waals surface area contributed by atoms with E-state index in [4.69, 9.17) is 9.31 Å². The summed E-state index contributed by atoms with van der Waals surface area (Å²) in [5.74, 6) is -1.90. The second kappa shape index (κ2) is 3.98. The van der Waals surface area contributed by atoms with Crippen molar-refractivity contribution in [1.82, 2.24) is 0 Å². The molecule has 0 saturated heterocycles. The molecule has 0 radical (unpaired) electrons. The van der Waals surface area contributed by atoms with Crippen LogP contribution in [-0.2, 0) is 0 Å². The predicted octanol–water partition coefficient (Wildman–Crippen LogP) is 2.27. The Morgan fingerprint density at radius 3 is 2.28 bits per heavy atom. The molecule has 0 N–H and O–H groups in total. The lowest BCUT2D eigenvalue weighted by Gasteiger charge is -2.05. The van der Waals surface area contributed by atoms with E-state index in [1.165, 1.54) is 18.2 Å². The fraction of sp³-hybridized carbons (Fsp3) is 0. The van der Waals surface area contributed by atoms with Crippen LogP contribution in [0.4, 0.5) is 13.2 Å². The lowest BCUT2D eigenvalue weighted by Crippen LogP contribution is -2.39. The average Bonchev–Trinajstić information content (AvgIpc) is 2.73. The molecule has 0 aliphatic carbocycles. The summed E-state index contributed by atoms with van der Waals surface area (Å²) in [4.78, 5) is 0. The zero-order valence-electron chi connectivity index (χ0n) is 8.99. The molecule has 2 aromatic carbocycles. The van der Waals surface area contributed by atoms with Gasteiger partial charge in [0.1, 0.15) is 17.4 Å². The van der Waals surface area contributed by atoms with Crippen LogP contribution in [0.5, 0.6) is 11.5 Å². The number of benzene rings is 2. The van der Waals surface area contributed by atoms with E-state index in [0.717, 1.165) is 18.2 Å². The summed E-state index contributed by atoms with van der Waals surface area (Å²) in [7, 11) is -1.04. The molecule has 0 saturated carbocycles. The highest BCUT2D eigenvalue weighted by Gasteiger charge is 2.36. The minimum absolute atomic E-state index is 0.0489. The molecular weight excluding hydrogens is 244 g/mol. The first-order valence-electron chi connectivity index (χ1n) is 5.21. The number of rotatable bonds is 1. The van der Waals surface area contributed by atoms with Crippen molar-refractivity contribution in [1.29, 1.82) is 0 Å². The van der Waals surface area contributed by atoms with Gasteiger partial charge in [-0.2, -0.15) is 0 Å². The summed E-state index contributed by atoms with van der Waals surface area (Å²) in [6.45, 7) is 0. The molecule has 0 aromatic heterocycles. The van der Waals surface area contributed by atoms with Gasteiger partial charge < -0.3 is 9.31 Å². The van der Waals surface area contributed by atoms with Crippen LogP contribution in [0.1, 0.15) is 0 Å². The zero-order chi connectivity index (χ0) is 12.7. The third kappa shape index (κ3) is 1.79. The van der Waals surface area contributed by atoms with Gasteiger partial charge in [0.2, 0.25) is 0 Å². The summed E-state index contributed by atoms with van der Waals surface area (Å²) >= 11 is 0. The van der Waals surface area contributed by atoms with Crippen LogP contribution in [0.15, 0.2) is 36.4 Å². The van der Waals surface area contributed by atoms with Crippen LogP contribution >= 0.6 is 0 Å². The Hall–Kier alpha value is -2.11. The highest BCUT2D eigenvalue weighted by molar-refractivity contribution is 6.63. The second-order valence-electron chi connectivity index (χ2n) is 3.84. The summed E-state index contributed by atoms with van der Waals surface area (Å²) in [6, 6.07) is 7.11. The van der Waals surface area contributed by atoms with E-state index in [2.05, 4.69) is 0 Å². The number of halogens is 3. The van der Waals surface area contributed by atoms with Gasteiger partial charge >= 0.3 is 7.12 Å². The fourth-order valence-electron chi connectivity index (χ4n) is 1.79. The largest absolute Gasteiger partial charge is 0.633 e. The van der Waals surface area contributed by atoms with E-state index < -0.39 is 24.6 Å². The molecule has 1 aliphatic heterocycles. The van der Waals surface area contributed by atoms with Gasteiger partial charge in [0.25, 0.3) is 0 Å². The smallest absolute Gasteiger partial charge is 0.519 e. The van der Waals surface area contributed by atoms with Crippen molar-refractivity contribution in [2.24, 2.45) is 0 Å². The Kier molecular flexibility index (Phi) is 2.43. The van der Waals surface area contributed by atoms with E-state index in [-0.39, 0.29) is 17.0 Å². The van der Waals surface area contributed by atoms with Crippen LogP contribution < -0.4 is 14.8 Å². The first-order valence-corrected chi connectivity index (χ1v) is 5.21. The predicted molar refractivity (Wildman–Crippen MR) is 59.4 cm³/mol. The minimum atomic E-state index is -1.04. The molecule has 6 heteroatoms. The van der Waals surface area contributed by atoms with Crippen LogP contribution in [-0.4, -0.2) is 7.12 Å². The zero-order valence-corrected chi connectivity index (χ0v) is 8.99. The number of fused-ring (bicyclic) bond motifs is 1. The Balaban J connectivity index is 1.96. The lowest BCUT2D eigenvalue weighted by molar-refractivity contribution is 0.495. The van der Waals surface area contributed by atoms with Crippen molar-refractivity contribution in [2.45, 2.75) is 0 Å². The second-order valence-corrected chi connectivity index (χ2v) is 3.84. The molecule has 1 aliphatic rings. The van der Waals surface area contributed by atoms with E-state index in [0.29, 0.717) is 0 Å². The molecule has 0 atom stereocenters. The SMILES string of the molecule is Fc1cc(F)cc(B2Oc3cccc(F)c3O2)c1. The molecular formula is C12H6BF3O2. The minimum Gasteiger partial charge on any atom is -0.519 e. The van der Waals surface area contributed by atoms with Crippen molar-refractivity contribution in [3.05, 3.63) is 53.8 Å². The normalized spacial score (nSPS) is 12.9. The number of hydrogen-bond acceptors (Lipinski definition) is 2. The summed E-state index contributed by atoms with van der Waals surface area (Å²) in [5, 5.41) is 0. The first kappa shape index (κ1) is 11.0. The summed E-state index contributed by atoms with van der Waals surface area (Å²) in [6.07, 6.45) is 0. The van der Waals surface area contributed by atoms with Gasteiger partial charge in [-0.25, -0.2) is 13.2 Å². The fourth-order valence-corrected chi connectivity index (χ4v) is 1.79. The summed E-state index contributed by atoms with van der Waals surface area (Å²) in [5.41, 5.74) is 0.156. The van der Waals surface area contributed by atoms with Gasteiger partial charge in [-0.15, -0.1) is 0 Å². The maximum Gasteiger partial charge on any atom is 0.633 e. The van der Waals surface area contributed by atoms with Gasteiger partial charge in [0.15, 0.2) is 11.6 Å². The molecule has 0 spiro atoms. The van der Waals surface area contributed by atoms with Crippen molar-refractivity contribution < 1.29 is 22.5 Å². The van der Waals surface area contributed by atoms with Gasteiger partial charge in [-0.3, -0.25) is 0 Å². The van der Waals surface area contributed by atoms with E-state index >= 15 is 0 Å². The molecule has 0 amide bonds. The Morgan fingerprint density at radius 1 is 0.889 bits per heavy atom. The maximum absolute atomic E-state index is 13.4. The Bertz CT molecular complexity index is 598. The topological polar surface area (TPSA) is 18.5 Å². The quantitative estimate of drug-likeness (QED) is 0.723. The highest BCUT2D eigenvalue weighted by Crippen LogP contribution is 2.35. The van der Waals surface area contributed by atoms with Crippen LogP contribution in [0.2, 0.25) is 0 Å². The van der Waals surface area contributed by atoms with E-state index in [9.17, 15) is 13.2 Å². The van der Waals surface area contributed by atoms with E-state index in [1.54, 1.807) is 0 Å². The molecule has 0 unspecified atom stereocenters. The van der Waals surface area contributed by atoms with Crippen molar-refractivity contribution in [2.75, 3.05) is 0 Å². The average molecular weight is 250 g/mol. The van der Waals surface area contributed by atoms with Crippen LogP contribution in [0.3, 0.4) is 0 Å².